The van der Waals surface area contributed by atoms with Crippen LogP contribution in [0.15, 0.2) is 152 Å². The number of aryl methyl sites for hydroxylation is 2. The van der Waals surface area contributed by atoms with Gasteiger partial charge >= 0.3 is 0 Å². The molecule has 0 saturated carbocycles. The zero-order valence-corrected chi connectivity index (χ0v) is 30.2. The normalized spacial score (nSPS) is 13.2. The molecule has 0 aliphatic carbocycles. The highest BCUT2D eigenvalue weighted by Crippen LogP contribution is 2.37. The van der Waals surface area contributed by atoms with Crippen molar-refractivity contribution in [1.29, 1.82) is 0 Å². The van der Waals surface area contributed by atoms with E-state index in [0.717, 1.165) is 61.0 Å². The third-order valence-corrected chi connectivity index (χ3v) is 9.76. The number of pyridine rings is 1. The number of rotatable bonds is 6. The van der Waals surface area contributed by atoms with Gasteiger partial charge in [0.15, 0.2) is 0 Å². The Kier molecular flexibility index (Phi) is 6.49. The van der Waals surface area contributed by atoms with E-state index in [1.807, 2.05) is 94.2 Å². The third-order valence-electron chi connectivity index (χ3n) is 9.76. The highest BCUT2D eigenvalue weighted by atomic mass is 16.5. The Labute approximate surface area is 317 Å². The second-order valence-corrected chi connectivity index (χ2v) is 14.5. The van der Waals surface area contributed by atoms with Gasteiger partial charge in [0, 0.05) is 23.0 Å². The number of hydrogen-bond donors (Lipinski definition) is 0. The summed E-state index contributed by atoms with van der Waals surface area (Å²) in [5.41, 5.74) is 8.67. The Hall–Kier alpha value is -6.46. The van der Waals surface area contributed by atoms with Crippen molar-refractivity contribution in [2.75, 3.05) is 0 Å². The van der Waals surface area contributed by atoms with Crippen LogP contribution in [0.2, 0.25) is 0 Å². The average Bonchev–Trinajstić information content (AvgIpc) is 3.75. The van der Waals surface area contributed by atoms with Crippen LogP contribution in [0.5, 0.6) is 11.5 Å². The molecule has 0 unspecified atom stereocenters. The van der Waals surface area contributed by atoms with Crippen molar-refractivity contribution >= 4 is 32.8 Å². The molecular formula is C48H40N4O. The van der Waals surface area contributed by atoms with Crippen LogP contribution in [0.4, 0.5) is 0 Å². The Balaban J connectivity index is 1.18. The minimum Gasteiger partial charge on any atom is -0.458 e. The van der Waals surface area contributed by atoms with Gasteiger partial charge in [-0.2, -0.15) is 0 Å². The number of fused-ring (bicyclic) bond motifs is 4. The molecule has 0 atom stereocenters. The first kappa shape index (κ1) is 27.2. The van der Waals surface area contributed by atoms with Crippen molar-refractivity contribution < 1.29 is 16.2 Å². The highest BCUT2D eigenvalue weighted by molar-refractivity contribution is 6.09. The van der Waals surface area contributed by atoms with E-state index in [1.165, 1.54) is 0 Å². The highest BCUT2D eigenvalue weighted by Gasteiger charge is 2.25. The number of imidazole rings is 1. The molecule has 0 N–H and O–H groups in total. The lowest BCUT2D eigenvalue weighted by molar-refractivity contribution is -0.572. The summed E-state index contributed by atoms with van der Waals surface area (Å²) in [6.45, 7) is 10.5. The first-order chi connectivity index (χ1) is 27.8. The van der Waals surface area contributed by atoms with Crippen LogP contribution in [0, 0.1) is 20.2 Å². The first-order valence-electron chi connectivity index (χ1n) is 20.2. The molecule has 0 fully saturated rings. The fourth-order valence-corrected chi connectivity index (χ4v) is 7.40. The van der Waals surface area contributed by atoms with Crippen LogP contribution in [0.25, 0.3) is 61.2 Å². The molecule has 0 saturated heterocycles. The van der Waals surface area contributed by atoms with Crippen LogP contribution in [-0.4, -0.2) is 14.1 Å². The second kappa shape index (κ2) is 12.6. The number of hydrogen-bond acceptors (Lipinski definition) is 2. The molecule has 3 aromatic heterocycles. The molecule has 53 heavy (non-hydrogen) atoms. The average molecular weight is 694 g/mol. The lowest BCUT2D eigenvalue weighted by Gasteiger charge is -2.26. The topological polar surface area (TPSA) is 35.9 Å². The lowest BCUT2D eigenvalue weighted by atomic mass is 9.83. The monoisotopic (exact) mass is 693 g/mol. The molecule has 0 bridgehead atoms. The van der Waals surface area contributed by atoms with Gasteiger partial charge in [-0.1, -0.05) is 124 Å². The van der Waals surface area contributed by atoms with Crippen molar-refractivity contribution in [1.82, 2.24) is 14.1 Å². The van der Waals surface area contributed by atoms with Gasteiger partial charge in [0.05, 0.1) is 40.3 Å². The molecule has 3 heterocycles. The minimum absolute atomic E-state index is 0.143. The second-order valence-electron chi connectivity index (χ2n) is 14.5. The molecule has 0 spiro atoms. The number of ether oxygens (including phenoxy) is 1. The van der Waals surface area contributed by atoms with Crippen molar-refractivity contribution in [3.8, 4) is 39.8 Å². The summed E-state index contributed by atoms with van der Waals surface area (Å²) in [4.78, 5) is 4.86. The Morgan fingerprint density at radius 1 is 0.717 bits per heavy atom. The molecule has 5 nitrogen and oxygen atoms in total. The van der Waals surface area contributed by atoms with Gasteiger partial charge in [0.25, 0.3) is 6.33 Å². The number of nitrogens with zero attached hydrogens (tertiary/aromatic N) is 4. The van der Waals surface area contributed by atoms with Crippen molar-refractivity contribution in [3.05, 3.63) is 175 Å². The van der Waals surface area contributed by atoms with E-state index in [-0.39, 0.29) is 35.1 Å². The maximum atomic E-state index is 8.91. The fraction of sp³-hybridized carbons (Fsp3) is 0.125. The maximum absolute atomic E-state index is 8.91. The van der Waals surface area contributed by atoms with Crippen LogP contribution in [-0.2, 0) is 5.41 Å². The standard InChI is InChI=1S/C48H40N4O/c1-32-27-33(2)47(49-30-32)52-42-22-10-9-19-39(42)40-26-25-37(29-45(40)52)53-36-18-13-17-35(28-36)50-31-51(44-24-12-11-23-43(44)50)46-38(34-15-7-6-8-16-34)20-14-21-41(46)48(3,4)5/h6-30H,1-5H3/i6D,7D,8D,15D,16D. The maximum Gasteiger partial charge on any atom is 0.269 e. The molecule has 0 aliphatic heterocycles. The quantitative estimate of drug-likeness (QED) is 0.128. The number of aromatic nitrogens is 4. The summed E-state index contributed by atoms with van der Waals surface area (Å²) in [5, 5.41) is 2.24. The van der Waals surface area contributed by atoms with Gasteiger partial charge in [-0.15, -0.1) is 0 Å². The van der Waals surface area contributed by atoms with Crippen LogP contribution >= 0.6 is 0 Å². The van der Waals surface area contributed by atoms with Crippen LogP contribution in [0.1, 0.15) is 44.3 Å². The smallest absolute Gasteiger partial charge is 0.269 e. The third kappa shape index (κ3) is 5.66. The predicted molar refractivity (Wildman–Crippen MR) is 216 cm³/mol. The summed E-state index contributed by atoms with van der Waals surface area (Å²) < 4.78 is 55.8. The molecule has 0 amide bonds. The van der Waals surface area contributed by atoms with Gasteiger partial charge in [-0.3, -0.25) is 13.7 Å². The Morgan fingerprint density at radius 3 is 2.26 bits per heavy atom. The summed E-state index contributed by atoms with van der Waals surface area (Å²) in [6, 6.07) is 36.6. The molecule has 9 aromatic rings. The van der Waals surface area contributed by atoms with E-state index in [0.29, 0.717) is 22.7 Å². The van der Waals surface area contributed by atoms with Gasteiger partial charge in [0.2, 0.25) is 0 Å². The predicted octanol–water partition coefficient (Wildman–Crippen LogP) is 11.6. The van der Waals surface area contributed by atoms with Gasteiger partial charge in [0.1, 0.15) is 17.3 Å². The fourth-order valence-electron chi connectivity index (χ4n) is 7.40. The Bertz CT molecular complexity index is 3090. The van der Waals surface area contributed by atoms with Crippen molar-refractivity contribution in [3.63, 3.8) is 0 Å². The van der Waals surface area contributed by atoms with E-state index < -0.39 is 6.04 Å². The van der Waals surface area contributed by atoms with Gasteiger partial charge in [-0.05, 0) is 83.5 Å². The summed E-state index contributed by atoms with van der Waals surface area (Å²) in [6.07, 6.45) is 5.51. The summed E-state index contributed by atoms with van der Waals surface area (Å²) >= 11 is 0. The number of para-hydroxylation sites is 4. The van der Waals surface area contributed by atoms with E-state index in [1.54, 1.807) is 0 Å². The van der Waals surface area contributed by atoms with Gasteiger partial charge < -0.3 is 4.74 Å². The molecule has 258 valence electrons. The number of benzene rings is 6. The SMILES string of the molecule is [2H]c1c([2H])c([2H])c(-c2cccc(C(C)(C)C)c2-[n+]2[c-]n(-c3cccc(Oc4ccc5c6ccccc6n(-c6ncc(C)cc6C)c5c4)c3)c3ccccc32)c([2H])c1[2H]. The van der Waals surface area contributed by atoms with E-state index in [4.69, 9.17) is 16.6 Å². The van der Waals surface area contributed by atoms with Crippen LogP contribution in [0.3, 0.4) is 0 Å². The zero-order chi connectivity index (χ0) is 40.6. The first-order valence-corrected chi connectivity index (χ1v) is 17.7. The van der Waals surface area contributed by atoms with E-state index in [2.05, 4.69) is 81.9 Å². The Morgan fingerprint density at radius 2 is 1.45 bits per heavy atom. The van der Waals surface area contributed by atoms with Crippen LogP contribution < -0.4 is 9.30 Å². The zero-order valence-electron chi connectivity index (χ0n) is 35.2. The lowest BCUT2D eigenvalue weighted by Crippen LogP contribution is -2.34. The molecule has 6 aromatic carbocycles. The largest absolute Gasteiger partial charge is 0.458 e. The molecule has 0 aliphatic rings. The minimum atomic E-state index is -0.425. The van der Waals surface area contributed by atoms with E-state index >= 15 is 0 Å². The summed E-state index contributed by atoms with van der Waals surface area (Å²) in [7, 11) is 0. The molecular weight excluding hydrogens is 649 g/mol. The van der Waals surface area contributed by atoms with Gasteiger partial charge in [-0.25, -0.2) is 4.98 Å². The van der Waals surface area contributed by atoms with Crippen molar-refractivity contribution in [2.45, 2.75) is 40.0 Å². The summed E-state index contributed by atoms with van der Waals surface area (Å²) in [5.74, 6) is 2.19. The molecule has 0 radical (unpaired) electrons. The molecule has 9 rings (SSSR count). The molecule has 5 heteroatoms. The van der Waals surface area contributed by atoms with E-state index in [9.17, 15) is 0 Å². The van der Waals surface area contributed by atoms with Crippen molar-refractivity contribution in [2.24, 2.45) is 0 Å².